The van der Waals surface area contributed by atoms with Gasteiger partial charge in [-0.15, -0.1) is 0 Å². The van der Waals surface area contributed by atoms with Crippen molar-refractivity contribution in [3.05, 3.63) is 39.9 Å². The number of phenolic OH excluding ortho intramolecular Hbond substituents is 1. The Morgan fingerprint density at radius 2 is 1.77 bits per heavy atom. The van der Waals surface area contributed by atoms with E-state index in [0.717, 1.165) is 23.7 Å². The second kappa shape index (κ2) is 6.66. The van der Waals surface area contributed by atoms with Crippen molar-refractivity contribution in [1.29, 1.82) is 0 Å². The number of allylic oxidation sites excluding steroid dienone is 1. The highest BCUT2D eigenvalue weighted by Gasteiger charge is 2.46. The van der Waals surface area contributed by atoms with Gasteiger partial charge >= 0.3 is 5.97 Å². The summed E-state index contributed by atoms with van der Waals surface area (Å²) in [7, 11) is 1.67. The minimum Gasteiger partial charge on any atom is -0.506 e. The summed E-state index contributed by atoms with van der Waals surface area (Å²) in [4.78, 5) is 10.7. The summed E-state index contributed by atoms with van der Waals surface area (Å²) >= 11 is 6.46. The molecule has 0 radical (unpaired) electrons. The van der Waals surface area contributed by atoms with Crippen LogP contribution in [0.4, 0.5) is 0 Å². The third-order valence-electron chi connectivity index (χ3n) is 6.28. The van der Waals surface area contributed by atoms with E-state index in [-0.39, 0.29) is 10.8 Å². The summed E-state index contributed by atoms with van der Waals surface area (Å²) in [5.74, 6) is 2.45. The number of hydrogen-bond acceptors (Lipinski definition) is 3. The number of ether oxygens (including phenoxy) is 1. The third-order valence-corrected chi connectivity index (χ3v) is 6.66. The van der Waals surface area contributed by atoms with Gasteiger partial charge < -0.3 is 14.9 Å². The Morgan fingerprint density at radius 3 is 2.31 bits per heavy atom. The fraction of sp³-hybridized carbons (Fsp3) is 0.476. The summed E-state index contributed by atoms with van der Waals surface area (Å²) < 4.78 is 5.81. The van der Waals surface area contributed by atoms with Gasteiger partial charge in [0.15, 0.2) is 0 Å². The molecule has 1 aromatic rings. The van der Waals surface area contributed by atoms with Crippen molar-refractivity contribution in [3.63, 3.8) is 0 Å². The van der Waals surface area contributed by atoms with Crippen LogP contribution in [-0.2, 0) is 9.53 Å². The molecule has 1 aromatic carbocycles. The van der Waals surface area contributed by atoms with Gasteiger partial charge in [0, 0.05) is 17.2 Å². The maximum atomic E-state index is 10.7. The number of carbonyl (C=O) groups is 1. The molecule has 0 spiro atoms. The number of halogens is 1. The summed E-state index contributed by atoms with van der Waals surface area (Å²) in [6, 6.07) is 3.51. The lowest BCUT2D eigenvalue weighted by Gasteiger charge is -2.51. The first kappa shape index (κ1) is 17.5. The van der Waals surface area contributed by atoms with Gasteiger partial charge in [-0.3, -0.25) is 0 Å². The molecule has 0 heterocycles. The summed E-state index contributed by atoms with van der Waals surface area (Å²) in [6.45, 7) is 0. The molecular formula is C21H23ClO4. The zero-order valence-electron chi connectivity index (χ0n) is 14.7. The Bertz CT molecular complexity index is 778. The molecule has 4 nitrogen and oxygen atoms in total. The second-order valence-corrected chi connectivity index (χ2v) is 8.21. The van der Waals surface area contributed by atoms with Gasteiger partial charge in [0.1, 0.15) is 11.5 Å². The van der Waals surface area contributed by atoms with Crippen LogP contribution in [0.1, 0.15) is 43.2 Å². The SMILES string of the molecule is COC(=C1C2CC3CC(C2)CC1C3)c1ccc(C=CC(=O)O)c(O)c1Cl. The zero-order chi connectivity index (χ0) is 18.4. The van der Waals surface area contributed by atoms with E-state index < -0.39 is 5.97 Å². The number of aliphatic carboxylic acids is 1. The van der Waals surface area contributed by atoms with Crippen LogP contribution in [0, 0.1) is 23.7 Å². The standard InChI is InChI=1S/C21H23ClO4/c1-26-21(18-14-7-11-6-12(9-14)10-15(18)8-11)16-4-2-13(3-5-17(23)24)20(25)19(16)22/h2-5,11-12,14-15,25H,6-10H2,1H3,(H,23,24). The van der Waals surface area contributed by atoms with Crippen molar-refractivity contribution >= 4 is 29.4 Å². The largest absolute Gasteiger partial charge is 0.506 e. The predicted octanol–water partition coefficient (Wildman–Crippen LogP) is 4.96. The van der Waals surface area contributed by atoms with Crippen molar-refractivity contribution in [2.75, 3.05) is 7.11 Å². The molecule has 4 fully saturated rings. The fourth-order valence-corrected chi connectivity index (χ4v) is 5.75. The first-order valence-electron chi connectivity index (χ1n) is 9.18. The molecule has 4 bridgehead atoms. The van der Waals surface area contributed by atoms with Crippen LogP contribution in [0.5, 0.6) is 5.75 Å². The van der Waals surface area contributed by atoms with Crippen molar-refractivity contribution in [3.8, 4) is 5.75 Å². The number of benzene rings is 1. The Kier molecular flexibility index (Phi) is 4.47. The Balaban J connectivity index is 1.76. The molecule has 0 amide bonds. The number of aromatic hydroxyl groups is 1. The summed E-state index contributed by atoms with van der Waals surface area (Å²) in [6.07, 6.45) is 8.65. The average molecular weight is 375 g/mol. The van der Waals surface area contributed by atoms with Gasteiger partial charge in [0.05, 0.1) is 12.1 Å². The molecule has 4 saturated carbocycles. The highest BCUT2D eigenvalue weighted by Crippen LogP contribution is 2.58. The molecule has 0 aliphatic heterocycles. The quantitative estimate of drug-likeness (QED) is 0.577. The number of carboxylic acids is 1. The second-order valence-electron chi connectivity index (χ2n) is 7.83. The van der Waals surface area contributed by atoms with Crippen LogP contribution >= 0.6 is 11.6 Å². The fourth-order valence-electron chi connectivity index (χ4n) is 5.50. The van der Waals surface area contributed by atoms with Gasteiger partial charge in [0.2, 0.25) is 0 Å². The Labute approximate surface area is 158 Å². The van der Waals surface area contributed by atoms with Gasteiger partial charge in [-0.25, -0.2) is 4.79 Å². The molecule has 26 heavy (non-hydrogen) atoms. The lowest BCUT2D eigenvalue weighted by Crippen LogP contribution is -2.40. The normalized spacial score (nSPS) is 29.4. The summed E-state index contributed by atoms with van der Waals surface area (Å²) in [5, 5.41) is 19.4. The van der Waals surface area contributed by atoms with E-state index in [4.69, 9.17) is 21.4 Å². The lowest BCUT2D eigenvalue weighted by molar-refractivity contribution is -0.131. The maximum Gasteiger partial charge on any atom is 0.328 e. The minimum atomic E-state index is -1.07. The minimum absolute atomic E-state index is 0.111. The highest BCUT2D eigenvalue weighted by molar-refractivity contribution is 6.34. The van der Waals surface area contributed by atoms with Crippen LogP contribution in [0.25, 0.3) is 11.8 Å². The monoisotopic (exact) mass is 374 g/mol. The molecule has 0 atom stereocenters. The van der Waals surface area contributed by atoms with Crippen LogP contribution < -0.4 is 0 Å². The Hall–Kier alpha value is -1.94. The average Bonchev–Trinajstić information content (AvgIpc) is 2.59. The smallest absolute Gasteiger partial charge is 0.328 e. The first-order chi connectivity index (χ1) is 12.5. The van der Waals surface area contributed by atoms with Gasteiger partial charge in [-0.1, -0.05) is 17.7 Å². The van der Waals surface area contributed by atoms with E-state index >= 15 is 0 Å². The Morgan fingerprint density at radius 1 is 1.15 bits per heavy atom. The van der Waals surface area contributed by atoms with Crippen LogP contribution in [0.3, 0.4) is 0 Å². The molecule has 0 saturated heterocycles. The molecule has 4 aliphatic rings. The van der Waals surface area contributed by atoms with E-state index in [0.29, 0.717) is 23.0 Å². The van der Waals surface area contributed by atoms with Crippen molar-refractivity contribution in [1.82, 2.24) is 0 Å². The molecule has 0 aromatic heterocycles. The van der Waals surface area contributed by atoms with Crippen LogP contribution in [0.15, 0.2) is 23.8 Å². The summed E-state index contributed by atoms with van der Waals surface area (Å²) in [5.41, 5.74) is 2.45. The topological polar surface area (TPSA) is 66.8 Å². The third kappa shape index (κ3) is 2.90. The number of rotatable bonds is 4. The number of hydrogen-bond donors (Lipinski definition) is 2. The highest BCUT2D eigenvalue weighted by atomic mass is 35.5. The van der Waals surface area contributed by atoms with E-state index in [2.05, 4.69) is 0 Å². The number of carboxylic acid groups (broad SMARTS) is 1. The first-order valence-corrected chi connectivity index (χ1v) is 9.56. The predicted molar refractivity (Wildman–Crippen MR) is 101 cm³/mol. The molecule has 5 rings (SSSR count). The molecule has 5 heteroatoms. The van der Waals surface area contributed by atoms with Gasteiger partial charge in [-0.2, -0.15) is 0 Å². The maximum absolute atomic E-state index is 10.7. The zero-order valence-corrected chi connectivity index (χ0v) is 15.5. The van der Waals surface area contributed by atoms with Gasteiger partial charge in [-0.05, 0) is 73.5 Å². The van der Waals surface area contributed by atoms with Crippen molar-refractivity contribution in [2.24, 2.45) is 23.7 Å². The molecule has 4 aliphatic carbocycles. The van der Waals surface area contributed by atoms with Crippen molar-refractivity contribution in [2.45, 2.75) is 32.1 Å². The van der Waals surface area contributed by atoms with Crippen LogP contribution in [0.2, 0.25) is 5.02 Å². The van der Waals surface area contributed by atoms with E-state index in [9.17, 15) is 9.90 Å². The van der Waals surface area contributed by atoms with Gasteiger partial charge in [0.25, 0.3) is 0 Å². The van der Waals surface area contributed by atoms with Crippen LogP contribution in [-0.4, -0.2) is 23.3 Å². The molecule has 2 N–H and O–H groups in total. The van der Waals surface area contributed by atoms with Crippen molar-refractivity contribution < 1.29 is 19.7 Å². The molecule has 0 unspecified atom stereocenters. The number of methoxy groups -OCH3 is 1. The van der Waals surface area contributed by atoms with E-state index in [1.165, 1.54) is 43.8 Å². The molecular weight excluding hydrogens is 352 g/mol. The molecule has 138 valence electrons. The van der Waals surface area contributed by atoms with E-state index in [1.807, 2.05) is 6.07 Å². The number of phenols is 1. The van der Waals surface area contributed by atoms with E-state index in [1.54, 1.807) is 13.2 Å². The lowest BCUT2D eigenvalue weighted by atomic mass is 9.54.